The zero-order valence-electron chi connectivity index (χ0n) is 14.9. The van der Waals surface area contributed by atoms with Crippen molar-refractivity contribution in [1.29, 1.82) is 0 Å². The van der Waals surface area contributed by atoms with Crippen LogP contribution in [-0.2, 0) is 14.3 Å². The van der Waals surface area contributed by atoms with Crippen molar-refractivity contribution in [3.63, 3.8) is 0 Å². The molecule has 2 heterocycles. The summed E-state index contributed by atoms with van der Waals surface area (Å²) < 4.78 is 18.4. The van der Waals surface area contributed by atoms with Crippen molar-refractivity contribution in [1.82, 2.24) is 0 Å². The van der Waals surface area contributed by atoms with Gasteiger partial charge in [-0.2, -0.15) is 0 Å². The molecule has 24 heavy (non-hydrogen) atoms. The molecule has 1 aromatic carbocycles. The first kappa shape index (κ1) is 15.9. The van der Waals surface area contributed by atoms with Crippen molar-refractivity contribution in [2.24, 2.45) is 23.2 Å². The second kappa shape index (κ2) is 5.22. The molecule has 0 spiro atoms. The van der Waals surface area contributed by atoms with E-state index in [0.717, 1.165) is 17.7 Å². The minimum atomic E-state index is -0.238. The molecule has 0 aromatic heterocycles. The first-order chi connectivity index (χ1) is 11.4. The summed E-state index contributed by atoms with van der Waals surface area (Å²) in [6, 6.07) is 8.23. The number of esters is 1. The van der Waals surface area contributed by atoms with E-state index in [1.165, 1.54) is 6.92 Å². The van der Waals surface area contributed by atoms with Gasteiger partial charge in [-0.3, -0.25) is 4.79 Å². The molecule has 0 radical (unpaired) electrons. The van der Waals surface area contributed by atoms with Crippen LogP contribution in [0.5, 0.6) is 5.75 Å². The van der Waals surface area contributed by atoms with Crippen molar-refractivity contribution in [2.45, 2.75) is 45.8 Å². The number of carbonyl (C=O) groups excluding carboxylic acids is 1. The van der Waals surface area contributed by atoms with E-state index in [1.54, 1.807) is 0 Å². The van der Waals surface area contributed by atoms with Crippen LogP contribution >= 0.6 is 0 Å². The summed E-state index contributed by atoms with van der Waals surface area (Å²) in [5, 5.41) is 0. The third-order valence-electron chi connectivity index (χ3n) is 6.81. The van der Waals surface area contributed by atoms with Crippen molar-refractivity contribution < 1.29 is 19.0 Å². The smallest absolute Gasteiger partial charge is 0.302 e. The number of carbonyl (C=O) groups is 1. The Bertz CT molecular complexity index is 671. The summed E-state index contributed by atoms with van der Waals surface area (Å²) >= 11 is 0. The van der Waals surface area contributed by atoms with Gasteiger partial charge in [-0.1, -0.05) is 32.0 Å². The number of rotatable bonds is 2. The van der Waals surface area contributed by atoms with Crippen molar-refractivity contribution in [2.75, 3.05) is 13.2 Å². The largest absolute Gasteiger partial charge is 0.487 e. The van der Waals surface area contributed by atoms with E-state index >= 15 is 0 Å². The molecule has 3 aliphatic rings. The molecule has 1 aromatic rings. The van der Waals surface area contributed by atoms with Crippen molar-refractivity contribution in [3.05, 3.63) is 29.8 Å². The molecular weight excluding hydrogens is 304 g/mol. The van der Waals surface area contributed by atoms with Gasteiger partial charge in [0.1, 0.15) is 11.4 Å². The third-order valence-corrected chi connectivity index (χ3v) is 6.81. The molecule has 0 amide bonds. The summed E-state index contributed by atoms with van der Waals surface area (Å²) in [5.74, 6) is 1.73. The highest BCUT2D eigenvalue weighted by Gasteiger charge is 2.64. The Hall–Kier alpha value is -1.55. The van der Waals surface area contributed by atoms with Gasteiger partial charge in [-0.15, -0.1) is 0 Å². The molecule has 6 atom stereocenters. The van der Waals surface area contributed by atoms with Gasteiger partial charge in [-0.25, -0.2) is 0 Å². The standard InChI is InChI=1S/C20H26O4/c1-12-9-19(4)17-13(2)20(12,10-22-14(3)21)11-23-18(17)15-7-5-6-8-16(15)24-19/h5-8,12-13,17-18H,9-11H2,1-4H3/t12-,13+,17+,18-,19-,20-/m1/s1. The van der Waals surface area contributed by atoms with Gasteiger partial charge in [0.2, 0.25) is 0 Å². The minimum Gasteiger partial charge on any atom is -0.487 e. The quantitative estimate of drug-likeness (QED) is 0.775. The molecular formula is C20H26O4. The maximum Gasteiger partial charge on any atom is 0.302 e. The van der Waals surface area contributed by atoms with Crippen LogP contribution in [0, 0.1) is 23.2 Å². The molecule has 0 N–H and O–H groups in total. The summed E-state index contributed by atoms with van der Waals surface area (Å²) in [6.07, 6.45) is 1.02. The highest BCUT2D eigenvalue weighted by atomic mass is 16.5. The van der Waals surface area contributed by atoms with Crippen LogP contribution in [-0.4, -0.2) is 24.8 Å². The lowest BCUT2D eigenvalue weighted by atomic mass is 9.50. The fourth-order valence-corrected chi connectivity index (χ4v) is 5.49. The van der Waals surface area contributed by atoms with Crippen LogP contribution in [0.2, 0.25) is 0 Å². The molecule has 2 bridgehead atoms. The highest BCUT2D eigenvalue weighted by molar-refractivity contribution is 5.65. The molecule has 1 aliphatic carbocycles. The Kier molecular flexibility index (Phi) is 3.47. The predicted octanol–water partition coefficient (Wildman–Crippen LogP) is 3.75. The van der Waals surface area contributed by atoms with Gasteiger partial charge in [0.05, 0.1) is 19.3 Å². The van der Waals surface area contributed by atoms with Crippen LogP contribution in [0.15, 0.2) is 24.3 Å². The molecule has 1 saturated heterocycles. The van der Waals surface area contributed by atoms with E-state index in [9.17, 15) is 4.79 Å². The Morgan fingerprint density at radius 1 is 1.33 bits per heavy atom. The first-order valence-corrected chi connectivity index (χ1v) is 8.90. The highest BCUT2D eigenvalue weighted by Crippen LogP contribution is 2.63. The third kappa shape index (κ3) is 2.05. The number of hydrogen-bond acceptors (Lipinski definition) is 4. The van der Waals surface area contributed by atoms with E-state index in [2.05, 4.69) is 26.8 Å². The maximum atomic E-state index is 11.4. The number of hydrogen-bond donors (Lipinski definition) is 0. The summed E-state index contributed by atoms with van der Waals surface area (Å²) in [4.78, 5) is 11.4. The molecule has 2 fully saturated rings. The van der Waals surface area contributed by atoms with E-state index in [-0.39, 0.29) is 29.0 Å². The fraction of sp³-hybridized carbons (Fsp3) is 0.650. The molecule has 0 unspecified atom stereocenters. The van der Waals surface area contributed by atoms with Gasteiger partial charge >= 0.3 is 5.97 Å². The zero-order valence-corrected chi connectivity index (χ0v) is 14.9. The molecule has 2 aliphatic heterocycles. The lowest BCUT2D eigenvalue weighted by Crippen LogP contribution is -2.66. The van der Waals surface area contributed by atoms with Gasteiger partial charge in [0.25, 0.3) is 0 Å². The maximum absolute atomic E-state index is 11.4. The number of ether oxygens (including phenoxy) is 3. The van der Waals surface area contributed by atoms with Crippen LogP contribution in [0.3, 0.4) is 0 Å². The van der Waals surface area contributed by atoms with E-state index in [4.69, 9.17) is 14.2 Å². The number of fused-ring (bicyclic) bond motifs is 3. The van der Waals surface area contributed by atoms with Crippen LogP contribution in [0.25, 0.3) is 0 Å². The Labute approximate surface area is 143 Å². The lowest BCUT2D eigenvalue weighted by molar-refractivity contribution is -0.261. The Morgan fingerprint density at radius 2 is 2.08 bits per heavy atom. The number of para-hydroxylation sites is 1. The second-order valence-electron chi connectivity index (χ2n) is 8.12. The molecule has 4 heteroatoms. The zero-order chi connectivity index (χ0) is 17.1. The lowest BCUT2D eigenvalue weighted by Gasteiger charge is -2.63. The van der Waals surface area contributed by atoms with Gasteiger partial charge < -0.3 is 14.2 Å². The SMILES string of the molecule is CC(=O)OC[C@@]12CO[C@@H]3c4ccccc4O[C@](C)(C[C@H]1C)[C@H]3[C@@H]2C. The van der Waals surface area contributed by atoms with Gasteiger partial charge in [0, 0.05) is 23.8 Å². The van der Waals surface area contributed by atoms with E-state index < -0.39 is 0 Å². The van der Waals surface area contributed by atoms with Gasteiger partial charge in [0.15, 0.2) is 0 Å². The van der Waals surface area contributed by atoms with Crippen molar-refractivity contribution in [3.8, 4) is 5.75 Å². The molecule has 1 saturated carbocycles. The van der Waals surface area contributed by atoms with Crippen LogP contribution < -0.4 is 4.74 Å². The number of benzene rings is 1. The first-order valence-electron chi connectivity index (χ1n) is 8.90. The van der Waals surface area contributed by atoms with Gasteiger partial charge in [-0.05, 0) is 31.2 Å². The Balaban J connectivity index is 1.76. The Morgan fingerprint density at radius 3 is 2.83 bits per heavy atom. The summed E-state index contributed by atoms with van der Waals surface area (Å²) in [6.45, 7) is 9.30. The summed E-state index contributed by atoms with van der Waals surface area (Å²) in [7, 11) is 0. The molecule has 130 valence electrons. The average Bonchev–Trinajstić information content (AvgIpc) is 2.52. The molecule has 4 rings (SSSR count). The fourth-order valence-electron chi connectivity index (χ4n) is 5.49. The monoisotopic (exact) mass is 330 g/mol. The predicted molar refractivity (Wildman–Crippen MR) is 89.7 cm³/mol. The minimum absolute atomic E-state index is 0.0629. The van der Waals surface area contributed by atoms with E-state index in [1.807, 2.05) is 18.2 Å². The molecule has 4 nitrogen and oxygen atoms in total. The normalized spacial score (nSPS) is 42.7. The van der Waals surface area contributed by atoms with Crippen molar-refractivity contribution >= 4 is 5.97 Å². The average molecular weight is 330 g/mol. The van der Waals surface area contributed by atoms with E-state index in [0.29, 0.717) is 25.0 Å². The van der Waals surface area contributed by atoms with Crippen LogP contribution in [0.4, 0.5) is 0 Å². The second-order valence-corrected chi connectivity index (χ2v) is 8.12. The topological polar surface area (TPSA) is 44.8 Å². The summed E-state index contributed by atoms with van der Waals surface area (Å²) in [5.41, 5.74) is 0.794. The van der Waals surface area contributed by atoms with Crippen LogP contribution in [0.1, 0.15) is 45.8 Å².